The third-order valence-corrected chi connectivity index (χ3v) is 4.86. The lowest BCUT2D eigenvalue weighted by Crippen LogP contribution is -2.33. The number of nitrogens with one attached hydrogen (secondary N) is 2. The number of aromatic amines is 1. The first-order valence-electron chi connectivity index (χ1n) is 9.45. The predicted molar refractivity (Wildman–Crippen MR) is 112 cm³/mol. The van der Waals surface area contributed by atoms with E-state index in [0.29, 0.717) is 16.9 Å². The number of imide groups is 1. The summed E-state index contributed by atoms with van der Waals surface area (Å²) in [7, 11) is 0. The number of rotatable bonds is 6. The Balaban J connectivity index is 1.43. The Kier molecular flexibility index (Phi) is 5.29. The van der Waals surface area contributed by atoms with Gasteiger partial charge in [-0.25, -0.2) is 5.10 Å². The topological polar surface area (TPSA) is 155 Å². The molecule has 0 bridgehead atoms. The fraction of sp³-hybridized carbons (Fsp3) is 0.0952. The molecule has 11 heteroatoms. The number of benzene rings is 2. The Bertz CT molecular complexity index is 1310. The summed E-state index contributed by atoms with van der Waals surface area (Å²) in [5.74, 6) is -1.92. The maximum absolute atomic E-state index is 12.6. The molecular formula is C21H15N5O6. The second kappa shape index (κ2) is 8.22. The molecule has 0 radical (unpaired) electrons. The lowest BCUT2D eigenvalue weighted by atomic mass is 10.1. The Labute approximate surface area is 179 Å². The SMILES string of the molecule is O=C(CCN1C(=O)c2cccc([N+](=O)[O-])c2C1=O)Nc1cccc(-c2ccc(=O)[nH]n2)c1. The summed E-state index contributed by atoms with van der Waals surface area (Å²) in [4.78, 5) is 59.9. The van der Waals surface area contributed by atoms with Crippen molar-refractivity contribution in [2.24, 2.45) is 0 Å². The van der Waals surface area contributed by atoms with Gasteiger partial charge in [0.2, 0.25) is 5.91 Å². The average Bonchev–Trinajstić information content (AvgIpc) is 3.02. The van der Waals surface area contributed by atoms with E-state index >= 15 is 0 Å². The fourth-order valence-corrected chi connectivity index (χ4v) is 3.37. The van der Waals surface area contributed by atoms with Crippen LogP contribution in [-0.2, 0) is 4.79 Å². The Hall–Kier alpha value is -4.67. The van der Waals surface area contributed by atoms with Gasteiger partial charge < -0.3 is 5.32 Å². The third kappa shape index (κ3) is 3.86. The molecule has 11 nitrogen and oxygen atoms in total. The predicted octanol–water partition coefficient (Wildman–Crippen LogP) is 1.97. The maximum atomic E-state index is 12.6. The molecule has 0 unspecified atom stereocenters. The van der Waals surface area contributed by atoms with Crippen LogP contribution in [0.15, 0.2) is 59.4 Å². The second-order valence-corrected chi connectivity index (χ2v) is 6.90. The molecule has 2 N–H and O–H groups in total. The van der Waals surface area contributed by atoms with E-state index in [4.69, 9.17) is 0 Å². The molecule has 2 aromatic carbocycles. The molecule has 3 aromatic rings. The van der Waals surface area contributed by atoms with Crippen molar-refractivity contribution in [3.63, 3.8) is 0 Å². The van der Waals surface area contributed by atoms with Crippen molar-refractivity contribution >= 4 is 29.1 Å². The molecule has 0 atom stereocenters. The highest BCUT2D eigenvalue weighted by atomic mass is 16.6. The number of amides is 3. The van der Waals surface area contributed by atoms with E-state index in [0.717, 1.165) is 11.0 Å². The molecule has 0 saturated carbocycles. The molecule has 1 aromatic heterocycles. The van der Waals surface area contributed by atoms with E-state index in [1.165, 1.54) is 18.2 Å². The van der Waals surface area contributed by atoms with Crippen LogP contribution >= 0.6 is 0 Å². The monoisotopic (exact) mass is 433 g/mol. The summed E-state index contributed by atoms with van der Waals surface area (Å²) < 4.78 is 0. The van der Waals surface area contributed by atoms with Gasteiger partial charge in [0.1, 0.15) is 5.56 Å². The highest BCUT2D eigenvalue weighted by molar-refractivity contribution is 6.23. The number of anilines is 1. The lowest BCUT2D eigenvalue weighted by molar-refractivity contribution is -0.385. The molecule has 4 rings (SSSR count). The van der Waals surface area contributed by atoms with Crippen molar-refractivity contribution in [2.75, 3.05) is 11.9 Å². The number of H-pyrrole nitrogens is 1. The summed E-state index contributed by atoms with van der Waals surface area (Å²) in [6.45, 7) is -0.226. The summed E-state index contributed by atoms with van der Waals surface area (Å²) in [5.41, 5.74) is 0.533. The first-order valence-corrected chi connectivity index (χ1v) is 9.45. The molecule has 0 saturated heterocycles. The van der Waals surface area contributed by atoms with Gasteiger partial charge in [0.05, 0.1) is 16.2 Å². The van der Waals surface area contributed by atoms with Crippen molar-refractivity contribution in [3.05, 3.63) is 86.2 Å². The van der Waals surface area contributed by atoms with Crippen LogP contribution in [0.2, 0.25) is 0 Å². The van der Waals surface area contributed by atoms with E-state index in [1.54, 1.807) is 30.3 Å². The van der Waals surface area contributed by atoms with Gasteiger partial charge in [-0.2, -0.15) is 5.10 Å². The van der Waals surface area contributed by atoms with E-state index in [9.17, 15) is 29.3 Å². The first kappa shape index (κ1) is 20.6. The number of nitrogens with zero attached hydrogens (tertiary/aromatic N) is 3. The number of nitro groups is 1. The molecule has 32 heavy (non-hydrogen) atoms. The van der Waals surface area contributed by atoms with Gasteiger partial charge in [0, 0.05) is 36.3 Å². The number of carbonyl (C=O) groups excluding carboxylic acids is 3. The molecule has 0 aliphatic carbocycles. The van der Waals surface area contributed by atoms with E-state index in [2.05, 4.69) is 15.5 Å². The van der Waals surface area contributed by atoms with Gasteiger partial charge in [-0.05, 0) is 24.3 Å². The highest BCUT2D eigenvalue weighted by Gasteiger charge is 2.40. The number of hydrogen-bond donors (Lipinski definition) is 2. The second-order valence-electron chi connectivity index (χ2n) is 6.90. The van der Waals surface area contributed by atoms with E-state index < -0.39 is 28.3 Å². The molecule has 160 valence electrons. The van der Waals surface area contributed by atoms with Crippen molar-refractivity contribution < 1.29 is 19.3 Å². The minimum Gasteiger partial charge on any atom is -0.326 e. The molecule has 0 spiro atoms. The van der Waals surface area contributed by atoms with Gasteiger partial charge in [-0.1, -0.05) is 18.2 Å². The number of fused-ring (bicyclic) bond motifs is 1. The van der Waals surface area contributed by atoms with Gasteiger partial charge >= 0.3 is 0 Å². The zero-order valence-corrected chi connectivity index (χ0v) is 16.4. The zero-order valence-electron chi connectivity index (χ0n) is 16.4. The van der Waals surface area contributed by atoms with Crippen molar-refractivity contribution in [2.45, 2.75) is 6.42 Å². The van der Waals surface area contributed by atoms with Crippen LogP contribution in [0, 0.1) is 10.1 Å². The quantitative estimate of drug-likeness (QED) is 0.342. The van der Waals surface area contributed by atoms with Crippen LogP contribution in [0.3, 0.4) is 0 Å². The minimum absolute atomic E-state index is 0.0503. The summed E-state index contributed by atoms with van der Waals surface area (Å²) in [6, 6.07) is 13.5. The van der Waals surface area contributed by atoms with Crippen LogP contribution in [0.25, 0.3) is 11.3 Å². The summed E-state index contributed by atoms with van der Waals surface area (Å²) in [5, 5.41) is 20.1. The molecule has 1 aliphatic heterocycles. The van der Waals surface area contributed by atoms with Crippen molar-refractivity contribution in [1.29, 1.82) is 0 Å². The first-order chi connectivity index (χ1) is 15.3. The largest absolute Gasteiger partial charge is 0.326 e. The van der Waals surface area contributed by atoms with Crippen LogP contribution in [0.5, 0.6) is 0 Å². The maximum Gasteiger partial charge on any atom is 0.282 e. The number of aromatic nitrogens is 2. The molecule has 0 fully saturated rings. The van der Waals surface area contributed by atoms with E-state index in [-0.39, 0.29) is 29.7 Å². The van der Waals surface area contributed by atoms with Crippen LogP contribution in [0.1, 0.15) is 27.1 Å². The molecular weight excluding hydrogens is 418 g/mol. The summed E-state index contributed by atoms with van der Waals surface area (Å²) in [6.07, 6.45) is -0.194. The van der Waals surface area contributed by atoms with E-state index in [1.807, 2.05) is 0 Å². The number of hydrogen-bond acceptors (Lipinski definition) is 7. The Morgan fingerprint density at radius 2 is 1.84 bits per heavy atom. The fourth-order valence-electron chi connectivity index (χ4n) is 3.37. The van der Waals surface area contributed by atoms with Crippen LogP contribution < -0.4 is 10.9 Å². The normalized spacial score (nSPS) is 12.6. The molecule has 2 heterocycles. The molecule has 3 amide bonds. The third-order valence-electron chi connectivity index (χ3n) is 4.86. The van der Waals surface area contributed by atoms with Gasteiger partial charge in [-0.3, -0.25) is 34.2 Å². The van der Waals surface area contributed by atoms with Crippen molar-refractivity contribution in [3.8, 4) is 11.3 Å². The van der Waals surface area contributed by atoms with Gasteiger partial charge in [0.15, 0.2) is 0 Å². The zero-order chi connectivity index (χ0) is 22.8. The Morgan fingerprint density at radius 1 is 1.06 bits per heavy atom. The Morgan fingerprint density at radius 3 is 2.56 bits per heavy atom. The lowest BCUT2D eigenvalue weighted by Gasteiger charge is -2.13. The number of carbonyl (C=O) groups is 3. The summed E-state index contributed by atoms with van der Waals surface area (Å²) >= 11 is 0. The van der Waals surface area contributed by atoms with Crippen molar-refractivity contribution in [1.82, 2.24) is 15.1 Å². The van der Waals surface area contributed by atoms with Crippen LogP contribution in [0.4, 0.5) is 11.4 Å². The molecule has 1 aliphatic rings. The average molecular weight is 433 g/mol. The van der Waals surface area contributed by atoms with Gasteiger partial charge in [0.25, 0.3) is 23.1 Å². The number of nitro benzene ring substituents is 1. The standard InChI is InChI=1S/C21H15N5O6/c27-17(22-13-4-1-3-12(11-13)15-7-8-18(28)24-23-15)9-10-25-20(29)14-5-2-6-16(26(31)32)19(14)21(25)30/h1-8,11H,9-10H2,(H,22,27)(H,24,28). The van der Waals surface area contributed by atoms with Gasteiger partial charge in [-0.15, -0.1) is 0 Å². The highest BCUT2D eigenvalue weighted by Crippen LogP contribution is 2.30. The minimum atomic E-state index is -0.795. The van der Waals surface area contributed by atoms with Crippen LogP contribution in [-0.4, -0.2) is 44.3 Å². The smallest absolute Gasteiger partial charge is 0.282 e.